The van der Waals surface area contributed by atoms with Gasteiger partial charge in [0.15, 0.2) is 5.89 Å². The predicted molar refractivity (Wildman–Crippen MR) is 57.8 cm³/mol. The van der Waals surface area contributed by atoms with E-state index in [2.05, 4.69) is 10.3 Å². The first-order chi connectivity index (χ1) is 7.42. The lowest BCUT2D eigenvalue weighted by Crippen LogP contribution is -2.30. The molecule has 1 aromatic rings. The highest BCUT2D eigenvalue weighted by Gasteiger charge is 2.27. The third kappa shape index (κ3) is 2.23. The summed E-state index contributed by atoms with van der Waals surface area (Å²) in [5.74, 6) is 2.39. The van der Waals surface area contributed by atoms with E-state index in [4.69, 9.17) is 4.42 Å². The number of hydrogen-bond acceptors (Lipinski definition) is 3. The lowest BCUT2D eigenvalue weighted by atomic mass is 9.96. The van der Waals surface area contributed by atoms with Gasteiger partial charge in [-0.05, 0) is 44.7 Å². The van der Waals surface area contributed by atoms with Crippen molar-refractivity contribution in [2.45, 2.75) is 38.0 Å². The quantitative estimate of drug-likeness (QED) is 0.823. The molecule has 0 spiro atoms. The summed E-state index contributed by atoms with van der Waals surface area (Å²) < 4.78 is 5.53. The SMILES string of the molecule is c1oc(CC2CCCNC2)nc1C1CC1. The summed E-state index contributed by atoms with van der Waals surface area (Å²) in [6.07, 6.45) is 8.09. The molecule has 0 radical (unpaired) electrons. The zero-order valence-electron chi connectivity index (χ0n) is 9.04. The van der Waals surface area contributed by atoms with Gasteiger partial charge in [-0.1, -0.05) is 0 Å². The number of nitrogens with zero attached hydrogens (tertiary/aromatic N) is 1. The third-order valence-electron chi connectivity index (χ3n) is 3.43. The minimum atomic E-state index is 0.715. The Labute approximate surface area is 90.3 Å². The van der Waals surface area contributed by atoms with Gasteiger partial charge in [-0.2, -0.15) is 0 Å². The van der Waals surface area contributed by atoms with E-state index in [-0.39, 0.29) is 0 Å². The smallest absolute Gasteiger partial charge is 0.194 e. The molecule has 1 saturated heterocycles. The van der Waals surface area contributed by atoms with Gasteiger partial charge in [-0.3, -0.25) is 0 Å². The second-order valence-corrected chi connectivity index (χ2v) is 4.86. The van der Waals surface area contributed by atoms with Crippen LogP contribution < -0.4 is 5.32 Å². The van der Waals surface area contributed by atoms with E-state index in [1.54, 1.807) is 0 Å². The van der Waals surface area contributed by atoms with Gasteiger partial charge in [0.1, 0.15) is 6.26 Å². The summed E-state index contributed by atoms with van der Waals surface area (Å²) in [6, 6.07) is 0. The Kier molecular flexibility index (Phi) is 2.49. The third-order valence-corrected chi connectivity index (χ3v) is 3.43. The first kappa shape index (κ1) is 9.40. The molecule has 2 heterocycles. The molecule has 2 fully saturated rings. The molecule has 0 aromatic carbocycles. The van der Waals surface area contributed by atoms with Crippen molar-refractivity contribution in [2.24, 2.45) is 5.92 Å². The van der Waals surface area contributed by atoms with Crippen molar-refractivity contribution < 1.29 is 4.42 Å². The van der Waals surface area contributed by atoms with Crippen LogP contribution in [0.5, 0.6) is 0 Å². The molecule has 0 amide bonds. The topological polar surface area (TPSA) is 38.1 Å². The lowest BCUT2D eigenvalue weighted by molar-refractivity contribution is 0.345. The molecule has 1 aromatic heterocycles. The summed E-state index contributed by atoms with van der Waals surface area (Å²) in [5.41, 5.74) is 1.19. The number of oxazole rings is 1. The largest absolute Gasteiger partial charge is 0.449 e. The molecule has 1 N–H and O–H groups in total. The fourth-order valence-electron chi connectivity index (χ4n) is 2.33. The Bertz CT molecular complexity index is 324. The van der Waals surface area contributed by atoms with Crippen molar-refractivity contribution in [1.82, 2.24) is 10.3 Å². The van der Waals surface area contributed by atoms with E-state index in [1.165, 1.54) is 37.9 Å². The molecule has 1 atom stereocenters. The molecule has 15 heavy (non-hydrogen) atoms. The van der Waals surface area contributed by atoms with Gasteiger partial charge < -0.3 is 9.73 Å². The minimum Gasteiger partial charge on any atom is -0.449 e. The minimum absolute atomic E-state index is 0.715. The van der Waals surface area contributed by atoms with Crippen molar-refractivity contribution in [1.29, 1.82) is 0 Å². The van der Waals surface area contributed by atoms with Crippen LogP contribution in [0.25, 0.3) is 0 Å². The van der Waals surface area contributed by atoms with Crippen LogP contribution in [0, 0.1) is 5.92 Å². The molecular weight excluding hydrogens is 188 g/mol. The average Bonchev–Trinajstić information content (AvgIpc) is 3.02. The van der Waals surface area contributed by atoms with Crippen molar-refractivity contribution in [3.63, 3.8) is 0 Å². The van der Waals surface area contributed by atoms with Crippen LogP contribution in [0.4, 0.5) is 0 Å². The second-order valence-electron chi connectivity index (χ2n) is 4.86. The molecule has 3 nitrogen and oxygen atoms in total. The highest BCUT2D eigenvalue weighted by molar-refractivity contribution is 5.10. The van der Waals surface area contributed by atoms with Gasteiger partial charge in [0.05, 0.1) is 5.69 Å². The Balaban J connectivity index is 1.60. The molecule has 3 heteroatoms. The molecule has 1 saturated carbocycles. The van der Waals surface area contributed by atoms with Crippen molar-refractivity contribution in [2.75, 3.05) is 13.1 Å². The van der Waals surface area contributed by atoms with E-state index in [0.29, 0.717) is 5.92 Å². The van der Waals surface area contributed by atoms with Crippen LogP contribution in [-0.4, -0.2) is 18.1 Å². The van der Waals surface area contributed by atoms with E-state index in [1.807, 2.05) is 6.26 Å². The highest BCUT2D eigenvalue weighted by Crippen LogP contribution is 2.39. The number of hydrogen-bond donors (Lipinski definition) is 1. The Morgan fingerprint density at radius 1 is 1.40 bits per heavy atom. The average molecular weight is 206 g/mol. The first-order valence-electron chi connectivity index (χ1n) is 6.07. The van der Waals surface area contributed by atoms with Crippen LogP contribution in [0.1, 0.15) is 43.2 Å². The second kappa shape index (κ2) is 3.97. The molecule has 1 aliphatic carbocycles. The zero-order valence-corrected chi connectivity index (χ0v) is 9.04. The number of piperidine rings is 1. The van der Waals surface area contributed by atoms with Crippen molar-refractivity contribution in [3.05, 3.63) is 17.8 Å². The molecular formula is C12H18N2O. The fourth-order valence-corrected chi connectivity index (χ4v) is 2.33. The standard InChI is InChI=1S/C12H18N2O/c1-2-9(7-13-5-1)6-12-14-11(8-15-12)10-3-4-10/h8-10,13H,1-7H2. The van der Waals surface area contributed by atoms with E-state index < -0.39 is 0 Å². The normalized spacial score (nSPS) is 26.8. The first-order valence-corrected chi connectivity index (χ1v) is 6.07. The summed E-state index contributed by atoms with van der Waals surface area (Å²) in [5, 5.41) is 3.43. The summed E-state index contributed by atoms with van der Waals surface area (Å²) in [4.78, 5) is 4.57. The highest BCUT2D eigenvalue weighted by atomic mass is 16.3. The van der Waals surface area contributed by atoms with E-state index in [9.17, 15) is 0 Å². The maximum Gasteiger partial charge on any atom is 0.194 e. The maximum absolute atomic E-state index is 5.53. The predicted octanol–water partition coefficient (Wildman–Crippen LogP) is 2.09. The monoisotopic (exact) mass is 206 g/mol. The molecule has 3 rings (SSSR count). The van der Waals surface area contributed by atoms with Gasteiger partial charge in [0.2, 0.25) is 0 Å². The van der Waals surface area contributed by atoms with Gasteiger partial charge >= 0.3 is 0 Å². The zero-order chi connectivity index (χ0) is 10.1. The number of rotatable bonds is 3. The molecule has 2 aliphatic rings. The maximum atomic E-state index is 5.53. The van der Waals surface area contributed by atoms with Crippen molar-refractivity contribution >= 4 is 0 Å². The summed E-state index contributed by atoms with van der Waals surface area (Å²) in [6.45, 7) is 2.30. The van der Waals surface area contributed by atoms with Crippen LogP contribution in [0.15, 0.2) is 10.7 Å². The molecule has 82 valence electrons. The van der Waals surface area contributed by atoms with Gasteiger partial charge in [0, 0.05) is 12.3 Å². The van der Waals surface area contributed by atoms with E-state index >= 15 is 0 Å². The summed E-state index contributed by atoms with van der Waals surface area (Å²) >= 11 is 0. The number of aromatic nitrogens is 1. The van der Waals surface area contributed by atoms with Crippen LogP contribution in [0.3, 0.4) is 0 Å². The van der Waals surface area contributed by atoms with Gasteiger partial charge in [-0.15, -0.1) is 0 Å². The Morgan fingerprint density at radius 2 is 2.33 bits per heavy atom. The molecule has 1 aliphatic heterocycles. The summed E-state index contributed by atoms with van der Waals surface area (Å²) in [7, 11) is 0. The van der Waals surface area contributed by atoms with Gasteiger partial charge in [0.25, 0.3) is 0 Å². The number of nitrogens with one attached hydrogen (secondary N) is 1. The van der Waals surface area contributed by atoms with Crippen molar-refractivity contribution in [3.8, 4) is 0 Å². The fraction of sp³-hybridized carbons (Fsp3) is 0.750. The molecule has 0 bridgehead atoms. The van der Waals surface area contributed by atoms with Crippen LogP contribution in [0.2, 0.25) is 0 Å². The Hall–Kier alpha value is -0.830. The van der Waals surface area contributed by atoms with Gasteiger partial charge in [-0.25, -0.2) is 4.98 Å². The molecule has 1 unspecified atom stereocenters. The van der Waals surface area contributed by atoms with Crippen LogP contribution in [-0.2, 0) is 6.42 Å². The van der Waals surface area contributed by atoms with Crippen LogP contribution >= 0.6 is 0 Å². The Morgan fingerprint density at radius 3 is 3.07 bits per heavy atom. The lowest BCUT2D eigenvalue weighted by Gasteiger charge is -2.21. The van der Waals surface area contributed by atoms with E-state index in [0.717, 1.165) is 24.8 Å².